The molecule has 0 saturated carbocycles. The van der Waals surface area contributed by atoms with Crippen LogP contribution in [-0.2, 0) is 9.53 Å². The number of rotatable bonds is 9. The van der Waals surface area contributed by atoms with Crippen LogP contribution in [0, 0.1) is 6.92 Å². The van der Waals surface area contributed by atoms with Crippen molar-refractivity contribution in [3.63, 3.8) is 0 Å². The lowest BCUT2D eigenvalue weighted by atomic mass is 10.0. The van der Waals surface area contributed by atoms with Crippen LogP contribution in [0.3, 0.4) is 0 Å². The number of nitrogens with one attached hydrogen (secondary N) is 1. The van der Waals surface area contributed by atoms with Gasteiger partial charge in [0.15, 0.2) is 18.1 Å². The third-order valence-corrected chi connectivity index (χ3v) is 4.59. The van der Waals surface area contributed by atoms with Crippen LogP contribution in [0.15, 0.2) is 36.4 Å². The summed E-state index contributed by atoms with van der Waals surface area (Å²) in [5.41, 5.74) is 2.32. The van der Waals surface area contributed by atoms with Gasteiger partial charge in [-0.3, -0.25) is 4.79 Å². The Morgan fingerprint density at radius 3 is 2.41 bits per heavy atom. The van der Waals surface area contributed by atoms with Gasteiger partial charge < -0.3 is 19.5 Å². The Morgan fingerprint density at radius 2 is 1.83 bits per heavy atom. The summed E-state index contributed by atoms with van der Waals surface area (Å²) in [6, 6.07) is 10.7. The minimum Gasteiger partial charge on any atom is -0.493 e. The van der Waals surface area contributed by atoms with Gasteiger partial charge in [-0.25, -0.2) is 4.79 Å². The van der Waals surface area contributed by atoms with E-state index in [9.17, 15) is 9.59 Å². The standard InChI is InChI=1S/C22H26ClNO5/c1-5-18(15-9-7-14(3)8-10-15)24-20(25)13-29-22(26)16-11-17(23)21(28-6-2)19(12-16)27-4/h7-12,18H,5-6,13H2,1-4H3,(H,24,25)/t18-/m0/s1. The Hall–Kier alpha value is -2.73. The maximum Gasteiger partial charge on any atom is 0.338 e. The Balaban J connectivity index is 2.00. The molecule has 0 heterocycles. The lowest BCUT2D eigenvalue weighted by Crippen LogP contribution is -2.32. The molecule has 2 aromatic carbocycles. The van der Waals surface area contributed by atoms with Crippen LogP contribution in [0.4, 0.5) is 0 Å². The van der Waals surface area contributed by atoms with E-state index in [1.54, 1.807) is 0 Å². The van der Waals surface area contributed by atoms with E-state index < -0.39 is 12.6 Å². The van der Waals surface area contributed by atoms with Crippen LogP contribution in [-0.4, -0.2) is 32.2 Å². The van der Waals surface area contributed by atoms with Crippen molar-refractivity contribution in [2.24, 2.45) is 0 Å². The highest BCUT2D eigenvalue weighted by atomic mass is 35.5. The molecule has 0 aliphatic carbocycles. The molecule has 1 N–H and O–H groups in total. The molecular weight excluding hydrogens is 394 g/mol. The summed E-state index contributed by atoms with van der Waals surface area (Å²) in [4.78, 5) is 24.6. The number of hydrogen-bond donors (Lipinski definition) is 1. The lowest BCUT2D eigenvalue weighted by Gasteiger charge is -2.18. The van der Waals surface area contributed by atoms with E-state index in [1.807, 2.05) is 45.0 Å². The second kappa shape index (κ2) is 10.7. The molecule has 0 bridgehead atoms. The first-order valence-corrected chi connectivity index (χ1v) is 9.80. The van der Waals surface area contributed by atoms with Crippen molar-refractivity contribution < 1.29 is 23.8 Å². The summed E-state index contributed by atoms with van der Waals surface area (Å²) in [5.74, 6) is -0.377. The van der Waals surface area contributed by atoms with Gasteiger partial charge >= 0.3 is 5.97 Å². The third kappa shape index (κ3) is 6.12. The van der Waals surface area contributed by atoms with Crippen LogP contribution in [0.5, 0.6) is 11.5 Å². The molecule has 2 rings (SSSR count). The molecule has 0 unspecified atom stereocenters. The molecule has 0 radical (unpaired) electrons. The first kappa shape index (κ1) is 22.6. The number of halogens is 1. The van der Waals surface area contributed by atoms with E-state index >= 15 is 0 Å². The average molecular weight is 420 g/mol. The third-order valence-electron chi connectivity index (χ3n) is 4.31. The first-order valence-electron chi connectivity index (χ1n) is 9.42. The molecule has 2 aromatic rings. The number of hydrogen-bond acceptors (Lipinski definition) is 5. The monoisotopic (exact) mass is 419 g/mol. The van der Waals surface area contributed by atoms with Crippen molar-refractivity contribution in [3.05, 3.63) is 58.1 Å². The highest BCUT2D eigenvalue weighted by molar-refractivity contribution is 6.32. The minimum absolute atomic E-state index is 0.151. The fraction of sp³-hybridized carbons (Fsp3) is 0.364. The molecule has 0 spiro atoms. The zero-order chi connectivity index (χ0) is 21.4. The fourth-order valence-electron chi connectivity index (χ4n) is 2.79. The SMILES string of the molecule is CCOc1c(Cl)cc(C(=O)OCC(=O)N[C@@H](CC)c2ccc(C)cc2)cc1OC. The van der Waals surface area contributed by atoms with E-state index in [0.717, 1.165) is 11.1 Å². The average Bonchev–Trinajstić information content (AvgIpc) is 2.72. The molecule has 1 amide bonds. The zero-order valence-corrected chi connectivity index (χ0v) is 17.8. The largest absolute Gasteiger partial charge is 0.493 e. The van der Waals surface area contributed by atoms with Crippen LogP contribution in [0.1, 0.15) is 47.8 Å². The number of carbonyl (C=O) groups is 2. The molecule has 1 atom stereocenters. The highest BCUT2D eigenvalue weighted by Crippen LogP contribution is 2.36. The van der Waals surface area contributed by atoms with Gasteiger partial charge in [-0.05, 0) is 38.0 Å². The summed E-state index contributed by atoms with van der Waals surface area (Å²) in [6.45, 7) is 5.81. The number of methoxy groups -OCH3 is 1. The second-order valence-electron chi connectivity index (χ2n) is 6.44. The lowest BCUT2D eigenvalue weighted by molar-refractivity contribution is -0.125. The smallest absolute Gasteiger partial charge is 0.338 e. The van der Waals surface area contributed by atoms with Gasteiger partial charge in [0.1, 0.15) is 0 Å². The van der Waals surface area contributed by atoms with Crippen molar-refractivity contribution in [2.75, 3.05) is 20.3 Å². The summed E-state index contributed by atoms with van der Waals surface area (Å²) >= 11 is 6.17. The van der Waals surface area contributed by atoms with Crippen molar-refractivity contribution >= 4 is 23.5 Å². The normalized spacial score (nSPS) is 11.5. The molecule has 0 fully saturated rings. The Kier molecular flexibility index (Phi) is 8.34. The zero-order valence-electron chi connectivity index (χ0n) is 17.1. The number of esters is 1. The summed E-state index contributed by atoms with van der Waals surface area (Å²) in [6.07, 6.45) is 0.717. The topological polar surface area (TPSA) is 73.9 Å². The van der Waals surface area contributed by atoms with Gasteiger partial charge in [0, 0.05) is 0 Å². The van der Waals surface area contributed by atoms with Gasteiger partial charge in [0.2, 0.25) is 0 Å². The molecule has 0 aromatic heterocycles. The van der Waals surface area contributed by atoms with Gasteiger partial charge in [-0.1, -0.05) is 48.4 Å². The van der Waals surface area contributed by atoms with Crippen molar-refractivity contribution in [2.45, 2.75) is 33.2 Å². The van der Waals surface area contributed by atoms with Gasteiger partial charge in [-0.15, -0.1) is 0 Å². The maximum atomic E-state index is 12.3. The van der Waals surface area contributed by atoms with E-state index in [4.69, 9.17) is 25.8 Å². The Labute approximate surface area is 176 Å². The molecule has 29 heavy (non-hydrogen) atoms. The molecule has 0 aliphatic rings. The molecule has 156 valence electrons. The summed E-state index contributed by atoms with van der Waals surface area (Å²) in [7, 11) is 1.45. The maximum absolute atomic E-state index is 12.3. The first-order chi connectivity index (χ1) is 13.9. The Morgan fingerprint density at radius 1 is 1.14 bits per heavy atom. The van der Waals surface area contributed by atoms with E-state index in [1.165, 1.54) is 19.2 Å². The van der Waals surface area contributed by atoms with E-state index in [-0.39, 0.29) is 22.5 Å². The van der Waals surface area contributed by atoms with Gasteiger partial charge in [-0.2, -0.15) is 0 Å². The van der Waals surface area contributed by atoms with Crippen LogP contribution >= 0.6 is 11.6 Å². The second-order valence-corrected chi connectivity index (χ2v) is 6.84. The molecule has 0 aliphatic heterocycles. The van der Waals surface area contributed by atoms with Crippen molar-refractivity contribution in [1.82, 2.24) is 5.32 Å². The molecule has 0 saturated heterocycles. The number of aryl methyl sites for hydroxylation is 1. The number of ether oxygens (including phenoxy) is 3. The van der Waals surface area contributed by atoms with Crippen LogP contribution in [0.25, 0.3) is 0 Å². The van der Waals surface area contributed by atoms with Crippen molar-refractivity contribution in [1.29, 1.82) is 0 Å². The van der Waals surface area contributed by atoms with Gasteiger partial charge in [0.05, 0.1) is 30.3 Å². The Bertz CT molecular complexity index is 851. The summed E-state index contributed by atoms with van der Waals surface area (Å²) < 4.78 is 15.8. The quantitative estimate of drug-likeness (QED) is 0.606. The van der Waals surface area contributed by atoms with Crippen molar-refractivity contribution in [3.8, 4) is 11.5 Å². The minimum atomic E-state index is -0.674. The predicted octanol–water partition coefficient (Wildman–Crippen LogP) is 4.48. The van der Waals surface area contributed by atoms with Crippen LogP contribution < -0.4 is 14.8 Å². The fourth-order valence-corrected chi connectivity index (χ4v) is 3.06. The van der Waals surface area contributed by atoms with E-state index in [0.29, 0.717) is 24.5 Å². The molecule has 7 heteroatoms. The number of amides is 1. The number of carbonyl (C=O) groups excluding carboxylic acids is 2. The van der Waals surface area contributed by atoms with Crippen LogP contribution in [0.2, 0.25) is 5.02 Å². The summed E-state index contributed by atoms with van der Waals surface area (Å²) in [5, 5.41) is 3.11. The highest BCUT2D eigenvalue weighted by Gasteiger charge is 2.19. The molecule has 6 nitrogen and oxygen atoms in total. The number of benzene rings is 2. The predicted molar refractivity (Wildman–Crippen MR) is 112 cm³/mol. The molecular formula is C22H26ClNO5. The van der Waals surface area contributed by atoms with E-state index in [2.05, 4.69) is 5.32 Å². The van der Waals surface area contributed by atoms with Gasteiger partial charge in [0.25, 0.3) is 5.91 Å².